The highest BCUT2D eigenvalue weighted by atomic mass is 19.4. The molecule has 0 saturated heterocycles. The van der Waals surface area contributed by atoms with Gasteiger partial charge in [-0.25, -0.2) is 0 Å². The molecule has 0 fully saturated rings. The van der Waals surface area contributed by atoms with Crippen LogP contribution in [0.1, 0.15) is 12.8 Å². The number of amides is 6. The second-order valence-electron chi connectivity index (χ2n) is 9.90. The number of nitrogens with one attached hydrogen (secondary N) is 6. The van der Waals surface area contributed by atoms with Gasteiger partial charge in [0.2, 0.25) is 11.8 Å². The summed E-state index contributed by atoms with van der Waals surface area (Å²) in [6.45, 7) is -4.73. The number of hydrogen-bond acceptors (Lipinski definition) is 8. The molecule has 0 unspecified atom stereocenters. The molecule has 6 amide bonds. The molecule has 6 N–H and O–H groups in total. The molecule has 0 heterocycles. The van der Waals surface area contributed by atoms with Crippen molar-refractivity contribution in [1.82, 2.24) is 41.7 Å². The van der Waals surface area contributed by atoms with E-state index in [0.29, 0.717) is 0 Å². The van der Waals surface area contributed by atoms with Crippen molar-refractivity contribution in [3.8, 4) is 0 Å². The van der Waals surface area contributed by atoms with Crippen molar-refractivity contribution < 1.29 is 81.5 Å². The van der Waals surface area contributed by atoms with Crippen LogP contribution in [0.2, 0.25) is 0 Å². The Hall–Kier alpha value is -4.10. The molecule has 0 aliphatic rings. The van der Waals surface area contributed by atoms with Gasteiger partial charge in [0, 0.05) is 91.4 Å². The van der Waals surface area contributed by atoms with Gasteiger partial charge in [-0.3, -0.25) is 38.6 Å². The summed E-state index contributed by atoms with van der Waals surface area (Å²) in [5.74, 6) is -10.5. The Morgan fingerprint density at radius 3 is 0.760 bits per heavy atom. The van der Waals surface area contributed by atoms with Gasteiger partial charge in [0.25, 0.3) is 0 Å². The lowest BCUT2D eigenvalue weighted by atomic mass is 10.3. The van der Waals surface area contributed by atoms with Crippen molar-refractivity contribution in [2.45, 2.75) is 37.5 Å². The fraction of sp³-hybridized carbons (Fsp3) is 0.750. The van der Waals surface area contributed by atoms with E-state index in [9.17, 15) is 81.5 Å². The second-order valence-corrected chi connectivity index (χ2v) is 9.90. The minimum atomic E-state index is -5.20. The molecule has 26 heteroatoms. The zero-order valence-electron chi connectivity index (χ0n) is 25.8. The minimum Gasteiger partial charge on any atom is -0.354 e. The van der Waals surface area contributed by atoms with Crippen LogP contribution in [0.15, 0.2) is 0 Å². The molecule has 14 nitrogen and oxygen atoms in total. The molecular formula is C24H34F12N8O6. The lowest BCUT2D eigenvalue weighted by molar-refractivity contribution is -0.173. The summed E-state index contributed by atoms with van der Waals surface area (Å²) < 4.78 is 148. The van der Waals surface area contributed by atoms with E-state index in [-0.39, 0.29) is 65.2 Å². The summed E-state index contributed by atoms with van der Waals surface area (Å²) in [6, 6.07) is 0. The van der Waals surface area contributed by atoms with E-state index in [0.717, 1.165) is 0 Å². The van der Waals surface area contributed by atoms with Crippen molar-refractivity contribution in [3.63, 3.8) is 0 Å². The molecule has 0 aliphatic carbocycles. The van der Waals surface area contributed by atoms with Gasteiger partial charge in [0.1, 0.15) is 0 Å². The minimum absolute atomic E-state index is 0.190. The zero-order chi connectivity index (χ0) is 38.8. The predicted octanol–water partition coefficient (Wildman–Crippen LogP) is -0.683. The summed E-state index contributed by atoms with van der Waals surface area (Å²) in [5, 5.41) is 10.9. The maximum Gasteiger partial charge on any atom is 0.471 e. The molecule has 0 rings (SSSR count). The number of halogens is 12. The van der Waals surface area contributed by atoms with Gasteiger partial charge in [-0.05, 0) is 0 Å². The largest absolute Gasteiger partial charge is 0.471 e. The third kappa shape index (κ3) is 21.8. The van der Waals surface area contributed by atoms with Gasteiger partial charge in [0.15, 0.2) is 0 Å². The summed E-state index contributed by atoms with van der Waals surface area (Å²) >= 11 is 0. The molecule has 0 atom stereocenters. The number of carbonyl (C=O) groups is 6. The summed E-state index contributed by atoms with van der Waals surface area (Å²) in [6.07, 6.45) is -21.5. The molecule has 0 saturated carbocycles. The SMILES string of the molecule is O=C(CCN(CCNC(=O)C(F)(F)F)CCNC(=O)C(F)(F)F)NCCNC(=O)CCN(CCNC(=O)C(F)(F)F)CCNC(=O)C(F)(F)F. The van der Waals surface area contributed by atoms with Crippen LogP contribution in [0.5, 0.6) is 0 Å². The first-order chi connectivity index (χ1) is 22.8. The molecular weight excluding hydrogens is 724 g/mol. The Balaban J connectivity index is 4.79. The van der Waals surface area contributed by atoms with Crippen LogP contribution >= 0.6 is 0 Å². The molecule has 0 spiro atoms. The van der Waals surface area contributed by atoms with Crippen LogP contribution in [0, 0.1) is 0 Å². The first kappa shape index (κ1) is 45.9. The van der Waals surface area contributed by atoms with Crippen LogP contribution in [0.25, 0.3) is 0 Å². The van der Waals surface area contributed by atoms with Crippen LogP contribution in [-0.4, -0.2) is 148 Å². The smallest absolute Gasteiger partial charge is 0.354 e. The second kappa shape index (κ2) is 21.2. The van der Waals surface area contributed by atoms with Gasteiger partial charge < -0.3 is 31.9 Å². The van der Waals surface area contributed by atoms with E-state index in [1.165, 1.54) is 9.80 Å². The first-order valence-electron chi connectivity index (χ1n) is 14.2. The normalized spacial score (nSPS) is 12.4. The Kier molecular flexibility index (Phi) is 19.5. The van der Waals surface area contributed by atoms with Crippen molar-refractivity contribution in [1.29, 1.82) is 0 Å². The van der Waals surface area contributed by atoms with E-state index in [2.05, 4.69) is 10.6 Å². The van der Waals surface area contributed by atoms with Gasteiger partial charge in [-0.2, -0.15) is 52.7 Å². The average molecular weight is 759 g/mol. The maximum absolute atomic E-state index is 12.4. The van der Waals surface area contributed by atoms with Crippen molar-refractivity contribution >= 4 is 35.4 Å². The van der Waals surface area contributed by atoms with Crippen molar-refractivity contribution in [3.05, 3.63) is 0 Å². The van der Waals surface area contributed by atoms with Gasteiger partial charge >= 0.3 is 48.3 Å². The standard InChI is InChI=1S/C24H34F12N8O6/c25-21(26,27)17(47)39-5-11-43(12-6-40-18(48)22(28,29)30)9-1-15(45)37-3-4-38-16(46)2-10-44(13-7-41-19(49)23(31,32)33)14-8-42-20(50)24(34,35)36/h1-14H2,(H,37,45)(H,38,46)(H,39,47)(H,40,48)(H,41,49)(H,42,50). The van der Waals surface area contributed by atoms with E-state index < -0.39 is 86.3 Å². The number of alkyl halides is 12. The third-order valence-electron chi connectivity index (χ3n) is 5.96. The van der Waals surface area contributed by atoms with Crippen LogP contribution in [0.3, 0.4) is 0 Å². The Morgan fingerprint density at radius 2 is 0.560 bits per heavy atom. The number of nitrogens with zero attached hydrogens (tertiary/aromatic N) is 2. The highest BCUT2D eigenvalue weighted by Crippen LogP contribution is 2.16. The Morgan fingerprint density at radius 1 is 0.340 bits per heavy atom. The Labute approximate surface area is 275 Å². The van der Waals surface area contributed by atoms with E-state index in [1.807, 2.05) is 0 Å². The van der Waals surface area contributed by atoms with Crippen LogP contribution in [0.4, 0.5) is 52.7 Å². The molecule has 0 aromatic rings. The predicted molar refractivity (Wildman–Crippen MR) is 144 cm³/mol. The fourth-order valence-corrected chi connectivity index (χ4v) is 3.48. The average Bonchev–Trinajstić information content (AvgIpc) is 2.97. The van der Waals surface area contributed by atoms with E-state index >= 15 is 0 Å². The van der Waals surface area contributed by atoms with Crippen LogP contribution < -0.4 is 31.9 Å². The highest BCUT2D eigenvalue weighted by molar-refractivity contribution is 5.83. The molecule has 290 valence electrons. The zero-order valence-corrected chi connectivity index (χ0v) is 25.8. The molecule has 0 bridgehead atoms. The summed E-state index contributed by atoms with van der Waals surface area (Å²) in [7, 11) is 0. The fourth-order valence-electron chi connectivity index (χ4n) is 3.48. The highest BCUT2D eigenvalue weighted by Gasteiger charge is 2.40. The molecule has 0 radical (unpaired) electrons. The lowest BCUT2D eigenvalue weighted by Crippen LogP contribution is -2.45. The van der Waals surface area contributed by atoms with Gasteiger partial charge in [0.05, 0.1) is 0 Å². The van der Waals surface area contributed by atoms with E-state index in [4.69, 9.17) is 0 Å². The number of rotatable bonds is 21. The van der Waals surface area contributed by atoms with E-state index in [1.54, 1.807) is 21.3 Å². The Bertz CT molecular complexity index is 983. The van der Waals surface area contributed by atoms with Gasteiger partial charge in [-0.1, -0.05) is 0 Å². The van der Waals surface area contributed by atoms with Gasteiger partial charge in [-0.15, -0.1) is 0 Å². The molecule has 0 aromatic heterocycles. The number of carbonyl (C=O) groups excluding carboxylic acids is 6. The van der Waals surface area contributed by atoms with Crippen LogP contribution in [-0.2, 0) is 28.8 Å². The molecule has 50 heavy (non-hydrogen) atoms. The monoisotopic (exact) mass is 758 g/mol. The first-order valence-corrected chi connectivity index (χ1v) is 14.2. The van der Waals surface area contributed by atoms with Crippen molar-refractivity contribution in [2.75, 3.05) is 78.5 Å². The van der Waals surface area contributed by atoms with Crippen molar-refractivity contribution in [2.24, 2.45) is 0 Å². The third-order valence-corrected chi connectivity index (χ3v) is 5.96. The lowest BCUT2D eigenvalue weighted by Gasteiger charge is -2.23. The molecule has 0 aromatic carbocycles. The summed E-state index contributed by atoms with van der Waals surface area (Å²) in [4.78, 5) is 70.5. The number of hydrogen-bond donors (Lipinski definition) is 6. The quantitative estimate of drug-likeness (QED) is 0.0658. The topological polar surface area (TPSA) is 181 Å². The maximum atomic E-state index is 12.4. The summed E-state index contributed by atoms with van der Waals surface area (Å²) in [5.41, 5.74) is 0. The molecule has 0 aliphatic heterocycles.